The fourth-order valence-electron chi connectivity index (χ4n) is 3.26. The maximum atomic E-state index is 12.9. The molecule has 1 atom stereocenters. The van der Waals surface area contributed by atoms with Gasteiger partial charge in [0, 0.05) is 12.1 Å². The maximum Gasteiger partial charge on any atom is 0.237 e. The number of aromatic nitrogens is 3. The summed E-state index contributed by atoms with van der Waals surface area (Å²) in [5.74, 6) is 0.930. The molecule has 7 heteroatoms. The number of nitrogens with one attached hydrogen (secondary N) is 1. The third-order valence-corrected chi connectivity index (χ3v) is 6.99. The van der Waals surface area contributed by atoms with Gasteiger partial charge in [-0.1, -0.05) is 43.8 Å². The molecular formula is C21H22N4OS2. The smallest absolute Gasteiger partial charge is 0.237 e. The number of thioether (sulfide) groups is 1. The molecule has 1 amide bonds. The average Bonchev–Trinajstić information content (AvgIpc) is 3.29. The van der Waals surface area contributed by atoms with Crippen molar-refractivity contribution in [2.75, 3.05) is 5.32 Å². The molecule has 1 N–H and O–H groups in total. The number of carbonyl (C=O) groups is 1. The van der Waals surface area contributed by atoms with Crippen molar-refractivity contribution >= 4 is 50.4 Å². The number of amides is 1. The number of hydrogen-bond acceptors (Lipinski definition) is 5. The molecule has 0 bridgehead atoms. The van der Waals surface area contributed by atoms with Crippen LogP contribution in [0.3, 0.4) is 0 Å². The van der Waals surface area contributed by atoms with Crippen molar-refractivity contribution in [3.63, 3.8) is 0 Å². The van der Waals surface area contributed by atoms with Gasteiger partial charge in [0.1, 0.15) is 10.9 Å². The van der Waals surface area contributed by atoms with Gasteiger partial charge >= 0.3 is 0 Å². The molecule has 0 saturated carbocycles. The third kappa shape index (κ3) is 3.40. The summed E-state index contributed by atoms with van der Waals surface area (Å²) < 4.78 is 3.39. The molecule has 5 nitrogen and oxygen atoms in total. The fraction of sp³-hybridized carbons (Fsp3) is 0.286. The number of para-hydroxylation sites is 1. The molecular weight excluding hydrogens is 388 g/mol. The van der Waals surface area contributed by atoms with E-state index in [4.69, 9.17) is 0 Å². The molecule has 4 aromatic rings. The highest BCUT2D eigenvalue weighted by atomic mass is 32.2. The summed E-state index contributed by atoms with van der Waals surface area (Å²) in [6.45, 7) is 6.10. The zero-order valence-electron chi connectivity index (χ0n) is 16.1. The standard InChI is InChI=1S/C21H22N4OS2/c1-4-17(20(26)22-14-9-7-6-8-13(14)3)28-21-16-12-18-15(10-11-27-18)25(16)19(5-2)23-24-21/h6-12,17H,4-5H2,1-3H3,(H,22,26)/t17-/m0/s1. The number of anilines is 1. The molecule has 0 aliphatic heterocycles. The Morgan fingerprint density at radius 2 is 2.04 bits per heavy atom. The van der Waals surface area contributed by atoms with Crippen LogP contribution >= 0.6 is 23.1 Å². The average molecular weight is 411 g/mol. The molecule has 0 aliphatic carbocycles. The molecule has 0 saturated heterocycles. The first-order chi connectivity index (χ1) is 13.6. The van der Waals surface area contributed by atoms with Crippen LogP contribution in [0.1, 0.15) is 31.7 Å². The molecule has 4 rings (SSSR count). The van der Waals surface area contributed by atoms with Crippen molar-refractivity contribution in [2.24, 2.45) is 0 Å². The minimum atomic E-state index is -0.238. The highest BCUT2D eigenvalue weighted by Gasteiger charge is 2.22. The summed E-state index contributed by atoms with van der Waals surface area (Å²) >= 11 is 3.20. The minimum absolute atomic E-state index is 0.00492. The lowest BCUT2D eigenvalue weighted by Crippen LogP contribution is -2.25. The number of hydrogen-bond donors (Lipinski definition) is 1. The lowest BCUT2D eigenvalue weighted by molar-refractivity contribution is -0.115. The number of carbonyl (C=O) groups excluding carboxylic acids is 1. The van der Waals surface area contributed by atoms with Gasteiger partial charge in [-0.05, 0) is 42.5 Å². The van der Waals surface area contributed by atoms with Gasteiger partial charge in [-0.15, -0.1) is 21.5 Å². The van der Waals surface area contributed by atoms with Gasteiger partial charge in [-0.2, -0.15) is 0 Å². The summed E-state index contributed by atoms with van der Waals surface area (Å²) in [6.07, 6.45) is 1.51. The Balaban J connectivity index is 1.66. The first-order valence-corrected chi connectivity index (χ1v) is 11.2. The lowest BCUT2D eigenvalue weighted by Gasteiger charge is -2.16. The number of benzene rings is 1. The second-order valence-electron chi connectivity index (χ2n) is 6.63. The Kier molecular flexibility index (Phi) is 5.37. The first-order valence-electron chi connectivity index (χ1n) is 9.39. The van der Waals surface area contributed by atoms with Gasteiger partial charge in [0.15, 0.2) is 0 Å². The van der Waals surface area contributed by atoms with Crippen LogP contribution in [-0.2, 0) is 11.2 Å². The highest BCUT2D eigenvalue weighted by Crippen LogP contribution is 2.34. The Bertz CT molecular complexity index is 1150. The van der Waals surface area contributed by atoms with E-state index >= 15 is 0 Å². The number of nitrogens with zero attached hydrogens (tertiary/aromatic N) is 3. The quantitative estimate of drug-likeness (QED) is 0.437. The van der Waals surface area contributed by atoms with E-state index < -0.39 is 0 Å². The number of rotatable bonds is 6. The van der Waals surface area contributed by atoms with Crippen LogP contribution in [-0.4, -0.2) is 25.8 Å². The molecule has 0 aliphatic rings. The number of aryl methyl sites for hydroxylation is 2. The summed E-state index contributed by atoms with van der Waals surface area (Å²) in [7, 11) is 0. The zero-order chi connectivity index (χ0) is 19.7. The highest BCUT2D eigenvalue weighted by molar-refractivity contribution is 8.00. The SMILES string of the molecule is CCc1nnc(S[C@@H](CC)C(=O)Nc2ccccc2C)c2cc3sccc3n12. The van der Waals surface area contributed by atoms with Crippen molar-refractivity contribution in [1.29, 1.82) is 0 Å². The van der Waals surface area contributed by atoms with Crippen LogP contribution in [0.15, 0.2) is 46.8 Å². The van der Waals surface area contributed by atoms with E-state index in [2.05, 4.69) is 44.4 Å². The molecule has 0 spiro atoms. The normalized spacial score (nSPS) is 12.5. The first kappa shape index (κ1) is 19.0. The molecule has 0 unspecified atom stereocenters. The topological polar surface area (TPSA) is 59.3 Å². The van der Waals surface area contributed by atoms with Crippen LogP contribution in [0.25, 0.3) is 15.7 Å². The van der Waals surface area contributed by atoms with Crippen LogP contribution in [0.4, 0.5) is 5.69 Å². The summed E-state index contributed by atoms with van der Waals surface area (Å²) in [5, 5.41) is 14.6. The van der Waals surface area contributed by atoms with Gasteiger partial charge in [0.2, 0.25) is 5.91 Å². The van der Waals surface area contributed by atoms with E-state index in [1.165, 1.54) is 16.5 Å². The summed E-state index contributed by atoms with van der Waals surface area (Å²) in [5.41, 5.74) is 4.09. The molecule has 1 aromatic carbocycles. The zero-order valence-corrected chi connectivity index (χ0v) is 17.7. The summed E-state index contributed by atoms with van der Waals surface area (Å²) in [6, 6.07) is 12.1. The van der Waals surface area contributed by atoms with Crippen molar-refractivity contribution in [3.05, 3.63) is 53.2 Å². The van der Waals surface area contributed by atoms with Crippen molar-refractivity contribution in [2.45, 2.75) is 43.9 Å². The molecule has 28 heavy (non-hydrogen) atoms. The second-order valence-corrected chi connectivity index (χ2v) is 8.77. The predicted molar refractivity (Wildman–Crippen MR) is 117 cm³/mol. The monoisotopic (exact) mass is 410 g/mol. The van der Waals surface area contributed by atoms with Crippen LogP contribution in [0, 0.1) is 6.92 Å². The number of thiophene rings is 1. The molecule has 3 heterocycles. The second kappa shape index (κ2) is 7.93. The van der Waals surface area contributed by atoms with E-state index in [1.807, 2.05) is 38.1 Å². The Labute approximate surface area is 172 Å². The van der Waals surface area contributed by atoms with Gasteiger partial charge in [0.05, 0.1) is 21.0 Å². The Morgan fingerprint density at radius 1 is 1.21 bits per heavy atom. The lowest BCUT2D eigenvalue weighted by atomic mass is 10.2. The molecule has 0 radical (unpaired) electrons. The largest absolute Gasteiger partial charge is 0.325 e. The van der Waals surface area contributed by atoms with Crippen molar-refractivity contribution in [1.82, 2.24) is 14.6 Å². The Morgan fingerprint density at radius 3 is 2.79 bits per heavy atom. The van der Waals surface area contributed by atoms with Gasteiger partial charge in [0.25, 0.3) is 0 Å². The van der Waals surface area contributed by atoms with Crippen molar-refractivity contribution < 1.29 is 4.79 Å². The van der Waals surface area contributed by atoms with E-state index in [1.54, 1.807) is 11.3 Å². The van der Waals surface area contributed by atoms with E-state index in [0.29, 0.717) is 6.42 Å². The van der Waals surface area contributed by atoms with Crippen LogP contribution in [0.5, 0.6) is 0 Å². The molecule has 3 aromatic heterocycles. The third-order valence-electron chi connectivity index (χ3n) is 4.79. The van der Waals surface area contributed by atoms with E-state index in [-0.39, 0.29) is 11.2 Å². The molecule has 0 fully saturated rings. The summed E-state index contributed by atoms with van der Waals surface area (Å²) in [4.78, 5) is 12.9. The number of fused-ring (bicyclic) bond motifs is 3. The van der Waals surface area contributed by atoms with Gasteiger partial charge in [-0.25, -0.2) is 0 Å². The fourth-order valence-corrected chi connectivity index (χ4v) is 5.02. The van der Waals surface area contributed by atoms with Crippen LogP contribution < -0.4 is 5.32 Å². The Hall–Kier alpha value is -2.38. The van der Waals surface area contributed by atoms with Crippen LogP contribution in [0.2, 0.25) is 0 Å². The maximum absolute atomic E-state index is 12.9. The van der Waals surface area contributed by atoms with E-state index in [9.17, 15) is 4.79 Å². The van der Waals surface area contributed by atoms with Crippen molar-refractivity contribution in [3.8, 4) is 0 Å². The minimum Gasteiger partial charge on any atom is -0.325 e. The predicted octanol–water partition coefficient (Wildman–Crippen LogP) is 5.32. The van der Waals surface area contributed by atoms with Gasteiger partial charge in [-0.3, -0.25) is 9.20 Å². The molecule has 144 valence electrons. The van der Waals surface area contributed by atoms with E-state index in [0.717, 1.165) is 39.6 Å². The van der Waals surface area contributed by atoms with Gasteiger partial charge < -0.3 is 5.32 Å².